The van der Waals surface area contributed by atoms with Crippen molar-refractivity contribution in [2.24, 2.45) is 0 Å². The summed E-state index contributed by atoms with van der Waals surface area (Å²) < 4.78 is 0. The molecule has 0 aliphatic heterocycles. The Morgan fingerprint density at radius 2 is 1.20 bits per heavy atom. The number of amides is 1. The van der Waals surface area contributed by atoms with Crippen molar-refractivity contribution >= 4 is 5.91 Å². The van der Waals surface area contributed by atoms with Gasteiger partial charge in [-0.05, 0) is 70.6 Å². The molecule has 254 valence electrons. The minimum atomic E-state index is -0.890. The number of aliphatic hydroxyl groups is 3. The summed E-state index contributed by atoms with van der Waals surface area (Å²) in [4.78, 5) is 12.3. The summed E-state index contributed by atoms with van der Waals surface area (Å²) in [7, 11) is 0. The molecule has 0 fully saturated rings. The van der Waals surface area contributed by atoms with E-state index in [2.05, 4.69) is 67.8 Å². The molecule has 5 heteroatoms. The van der Waals surface area contributed by atoms with E-state index in [4.69, 9.17) is 0 Å². The van der Waals surface area contributed by atoms with Gasteiger partial charge in [-0.25, -0.2) is 0 Å². The number of hydrogen-bond donors (Lipinski definition) is 4. The number of hydrogen-bond acceptors (Lipinski definition) is 4. The maximum absolute atomic E-state index is 12.3. The molecule has 0 aliphatic rings. The summed E-state index contributed by atoms with van der Waals surface area (Å²) in [6.45, 7) is 3.99. The third-order valence-corrected chi connectivity index (χ3v) is 7.12. The van der Waals surface area contributed by atoms with E-state index in [1.807, 2.05) is 36.5 Å². The van der Waals surface area contributed by atoms with Gasteiger partial charge < -0.3 is 20.6 Å². The monoisotopic (exact) mass is 623 g/mol. The maximum Gasteiger partial charge on any atom is 0.220 e. The molecule has 0 bridgehead atoms. The lowest BCUT2D eigenvalue weighted by atomic mass is 10.1. The lowest BCUT2D eigenvalue weighted by Gasteiger charge is -2.19. The quantitative estimate of drug-likeness (QED) is 0.0380. The second-order valence-corrected chi connectivity index (χ2v) is 11.4. The van der Waals surface area contributed by atoms with Gasteiger partial charge >= 0.3 is 0 Å². The van der Waals surface area contributed by atoms with Crippen LogP contribution in [0.15, 0.2) is 97.2 Å². The van der Waals surface area contributed by atoms with Gasteiger partial charge in [0.05, 0.1) is 24.9 Å². The van der Waals surface area contributed by atoms with Crippen LogP contribution in [-0.2, 0) is 4.79 Å². The van der Waals surface area contributed by atoms with Gasteiger partial charge in [0.25, 0.3) is 0 Å². The fourth-order valence-electron chi connectivity index (χ4n) is 4.40. The van der Waals surface area contributed by atoms with E-state index in [9.17, 15) is 20.1 Å². The topological polar surface area (TPSA) is 89.8 Å². The summed E-state index contributed by atoms with van der Waals surface area (Å²) in [6.07, 6.45) is 48.2. The van der Waals surface area contributed by atoms with Crippen LogP contribution in [0.2, 0.25) is 0 Å². The molecule has 0 rings (SSSR count). The molecular formula is C40H65NO4. The Kier molecular flexibility index (Phi) is 32.1. The molecule has 1 amide bonds. The summed E-state index contributed by atoms with van der Waals surface area (Å²) in [6, 6.07) is -0.682. The summed E-state index contributed by atoms with van der Waals surface area (Å²) in [5.41, 5.74) is 0. The molecule has 0 aromatic rings. The van der Waals surface area contributed by atoms with E-state index >= 15 is 0 Å². The van der Waals surface area contributed by atoms with E-state index in [1.54, 1.807) is 12.2 Å². The van der Waals surface area contributed by atoms with Gasteiger partial charge in [0, 0.05) is 6.42 Å². The van der Waals surface area contributed by atoms with Gasteiger partial charge in [0.2, 0.25) is 5.91 Å². The molecule has 0 aromatic carbocycles. The lowest BCUT2D eigenvalue weighted by molar-refractivity contribution is -0.122. The zero-order valence-corrected chi connectivity index (χ0v) is 28.4. The van der Waals surface area contributed by atoms with Gasteiger partial charge in [-0.2, -0.15) is 0 Å². The van der Waals surface area contributed by atoms with Crippen molar-refractivity contribution in [3.05, 3.63) is 97.2 Å². The molecule has 0 aromatic heterocycles. The molecule has 5 nitrogen and oxygen atoms in total. The van der Waals surface area contributed by atoms with Crippen LogP contribution in [0, 0.1) is 0 Å². The van der Waals surface area contributed by atoms with E-state index < -0.39 is 18.2 Å². The molecule has 0 radical (unpaired) electrons. The van der Waals surface area contributed by atoms with Crippen LogP contribution in [0.1, 0.15) is 123 Å². The van der Waals surface area contributed by atoms with Crippen LogP contribution in [0.3, 0.4) is 0 Å². The minimum Gasteiger partial charge on any atom is -0.394 e. The van der Waals surface area contributed by atoms with E-state index in [0.717, 1.165) is 38.5 Å². The van der Waals surface area contributed by atoms with E-state index in [-0.39, 0.29) is 12.5 Å². The average molecular weight is 624 g/mol. The molecule has 45 heavy (non-hydrogen) atoms. The Morgan fingerprint density at radius 3 is 1.84 bits per heavy atom. The Morgan fingerprint density at radius 1 is 0.622 bits per heavy atom. The fraction of sp³-hybridized carbons (Fsp3) is 0.575. The molecule has 0 heterocycles. The van der Waals surface area contributed by atoms with Crippen molar-refractivity contribution in [1.82, 2.24) is 5.32 Å². The number of carbonyl (C=O) groups is 1. The number of nitrogens with one attached hydrogen (secondary N) is 1. The second-order valence-electron chi connectivity index (χ2n) is 11.4. The molecule has 3 atom stereocenters. The SMILES string of the molecule is CC/C=C\CC(O)/C=C/C=C/C/C=C\C/C=C\C/C=C\CCC(=O)N[C@@H](CO)[C@H](O)/C=C/CCCCCCCC/C=C\CCC. The molecule has 0 saturated carbocycles. The first kappa shape index (κ1) is 42.3. The Bertz CT molecular complexity index is 909. The average Bonchev–Trinajstić information content (AvgIpc) is 3.03. The van der Waals surface area contributed by atoms with Crippen LogP contribution in [-0.4, -0.2) is 46.1 Å². The first-order chi connectivity index (χ1) is 22.0. The third kappa shape index (κ3) is 31.1. The van der Waals surface area contributed by atoms with Crippen molar-refractivity contribution in [3.8, 4) is 0 Å². The highest BCUT2D eigenvalue weighted by atomic mass is 16.3. The maximum atomic E-state index is 12.3. The van der Waals surface area contributed by atoms with Gasteiger partial charge in [-0.15, -0.1) is 0 Å². The largest absolute Gasteiger partial charge is 0.394 e. The summed E-state index contributed by atoms with van der Waals surface area (Å²) in [5, 5.41) is 32.5. The van der Waals surface area contributed by atoms with Crippen molar-refractivity contribution in [2.75, 3.05) is 6.61 Å². The molecular weight excluding hydrogens is 558 g/mol. The highest BCUT2D eigenvalue weighted by molar-refractivity contribution is 5.76. The predicted octanol–water partition coefficient (Wildman–Crippen LogP) is 9.31. The lowest BCUT2D eigenvalue weighted by Crippen LogP contribution is -2.45. The van der Waals surface area contributed by atoms with Gasteiger partial charge in [-0.1, -0.05) is 143 Å². The highest BCUT2D eigenvalue weighted by Gasteiger charge is 2.17. The summed E-state index contributed by atoms with van der Waals surface area (Å²) >= 11 is 0. The Labute approximate surface area is 276 Å². The summed E-state index contributed by atoms with van der Waals surface area (Å²) in [5.74, 6) is -0.169. The molecule has 0 aliphatic carbocycles. The standard InChI is InChI=1S/C40H65NO4/c1-3-5-7-8-9-10-11-13-17-20-23-26-30-34-39(44)38(36-42)41-40(45)35-31-27-24-21-18-15-12-14-16-19-22-25-29-33-37(43)32-28-6-4-2/h6-8,14-16,18,22,24-25,27-30,33-34,37-39,42-44H,3-5,9-13,17,19-21,23,26,31-32,35-36H2,1-2H3,(H,41,45)/b8-7-,16-14-,18-15-,25-22+,27-24-,28-6-,33-29+,34-30+/t37?,38-,39+/m0/s1. The van der Waals surface area contributed by atoms with Crippen molar-refractivity contribution in [2.45, 2.75) is 141 Å². The van der Waals surface area contributed by atoms with E-state index in [0.29, 0.717) is 19.3 Å². The van der Waals surface area contributed by atoms with Crippen molar-refractivity contribution in [1.29, 1.82) is 0 Å². The highest BCUT2D eigenvalue weighted by Crippen LogP contribution is 2.10. The van der Waals surface area contributed by atoms with Crippen LogP contribution in [0.4, 0.5) is 0 Å². The number of aliphatic hydroxyl groups excluding tert-OH is 3. The zero-order valence-electron chi connectivity index (χ0n) is 28.4. The first-order valence-corrected chi connectivity index (χ1v) is 17.6. The van der Waals surface area contributed by atoms with Gasteiger partial charge in [0.15, 0.2) is 0 Å². The molecule has 0 spiro atoms. The van der Waals surface area contributed by atoms with Crippen LogP contribution < -0.4 is 5.32 Å². The second kappa shape index (κ2) is 34.1. The molecule has 4 N–H and O–H groups in total. The first-order valence-electron chi connectivity index (χ1n) is 17.6. The van der Waals surface area contributed by atoms with Gasteiger partial charge in [0.1, 0.15) is 0 Å². The molecule has 0 saturated heterocycles. The van der Waals surface area contributed by atoms with E-state index in [1.165, 1.54) is 51.4 Å². The van der Waals surface area contributed by atoms with Crippen LogP contribution in [0.5, 0.6) is 0 Å². The van der Waals surface area contributed by atoms with Crippen molar-refractivity contribution < 1.29 is 20.1 Å². The number of unbranched alkanes of at least 4 members (excludes halogenated alkanes) is 8. The fourth-order valence-corrected chi connectivity index (χ4v) is 4.40. The zero-order chi connectivity index (χ0) is 33.1. The third-order valence-electron chi connectivity index (χ3n) is 7.12. The predicted molar refractivity (Wildman–Crippen MR) is 194 cm³/mol. The van der Waals surface area contributed by atoms with Gasteiger partial charge in [-0.3, -0.25) is 4.79 Å². The number of allylic oxidation sites excluding steroid dienone is 13. The number of carbonyl (C=O) groups excluding carboxylic acids is 1. The Balaban J connectivity index is 3.91. The van der Waals surface area contributed by atoms with Crippen molar-refractivity contribution in [3.63, 3.8) is 0 Å². The number of rotatable bonds is 29. The van der Waals surface area contributed by atoms with Crippen LogP contribution in [0.25, 0.3) is 0 Å². The normalized spacial score (nSPS) is 15.0. The minimum absolute atomic E-state index is 0.169. The molecule has 1 unspecified atom stereocenters. The van der Waals surface area contributed by atoms with Crippen LogP contribution >= 0.6 is 0 Å². The Hall–Kier alpha value is -2.73. The smallest absolute Gasteiger partial charge is 0.220 e.